The molecular weight excluding hydrogens is 410 g/mol. The fourth-order valence-corrected chi connectivity index (χ4v) is 7.10. The van der Waals surface area contributed by atoms with Crippen molar-refractivity contribution >= 4 is 29.2 Å². The number of hydrogen-bond acceptors (Lipinski definition) is 3. The number of ether oxygens (including phenoxy) is 1. The summed E-state index contributed by atoms with van der Waals surface area (Å²) in [6.07, 6.45) is 6.33. The molecule has 2 aromatic carbocycles. The van der Waals surface area contributed by atoms with Crippen LogP contribution in [0.1, 0.15) is 60.0 Å². The summed E-state index contributed by atoms with van der Waals surface area (Å²) in [4.78, 5) is 26.0. The molecule has 4 nitrogen and oxygen atoms in total. The van der Waals surface area contributed by atoms with E-state index in [1.807, 2.05) is 0 Å². The van der Waals surface area contributed by atoms with Gasteiger partial charge in [0.25, 0.3) is 0 Å². The first kappa shape index (κ1) is 20.6. The third-order valence-electron chi connectivity index (χ3n) is 7.84. The second-order valence-electron chi connectivity index (χ2n) is 10.0. The highest BCUT2D eigenvalue weighted by molar-refractivity contribution is 6.31. The number of amides is 1. The lowest BCUT2D eigenvalue weighted by atomic mass is 9.42. The largest absolute Gasteiger partial charge is 0.465 e. The van der Waals surface area contributed by atoms with Gasteiger partial charge in [-0.3, -0.25) is 4.79 Å². The third-order valence-corrected chi connectivity index (χ3v) is 8.08. The van der Waals surface area contributed by atoms with Crippen molar-refractivity contribution in [3.63, 3.8) is 0 Å². The van der Waals surface area contributed by atoms with Crippen molar-refractivity contribution in [3.8, 4) is 0 Å². The van der Waals surface area contributed by atoms with Crippen molar-refractivity contribution in [2.75, 3.05) is 12.4 Å². The average Bonchev–Trinajstić information content (AvgIpc) is 2.73. The molecule has 6 rings (SSSR count). The summed E-state index contributed by atoms with van der Waals surface area (Å²) >= 11 is 6.09. The quantitative estimate of drug-likeness (QED) is 0.604. The number of carbonyl (C=O) groups is 2. The van der Waals surface area contributed by atoms with Gasteiger partial charge in [-0.1, -0.05) is 41.4 Å². The monoisotopic (exact) mass is 437 g/mol. The minimum atomic E-state index is -0.501. The molecule has 1 amide bonds. The minimum Gasteiger partial charge on any atom is -0.465 e. The molecule has 4 aliphatic rings. The number of methoxy groups -OCH3 is 1. The Bertz CT molecular complexity index is 1030. The molecule has 2 atom stereocenters. The molecule has 0 radical (unpaired) electrons. The maximum Gasteiger partial charge on any atom is 0.340 e. The molecule has 162 valence electrons. The summed E-state index contributed by atoms with van der Waals surface area (Å²) in [5, 5.41) is 3.53. The number of esters is 1. The standard InChI is InChI=1S/C26H28ClNO3/c1-16-3-5-19(6-4-16)25-11-17-9-18(12-25)14-26(13-17,15-25)24(30)28-22-8-7-20(27)10-21(22)23(29)31-2/h3-8,10,17-18H,9,11-15H2,1-2H3,(H,28,30). The second kappa shape index (κ2) is 7.37. The fraction of sp³-hybridized carbons (Fsp3) is 0.462. The SMILES string of the molecule is COC(=O)c1cc(Cl)ccc1NC(=O)C12CC3CC(C1)CC(c1ccc(C)cc1)(C3)C2. The molecular formula is C26H28ClNO3. The molecule has 4 bridgehead atoms. The van der Waals surface area contributed by atoms with Gasteiger partial charge >= 0.3 is 5.97 Å². The molecule has 0 saturated heterocycles. The Kier molecular flexibility index (Phi) is 4.89. The van der Waals surface area contributed by atoms with Gasteiger partial charge < -0.3 is 10.1 Å². The number of rotatable bonds is 4. The molecule has 4 aliphatic carbocycles. The van der Waals surface area contributed by atoms with E-state index in [9.17, 15) is 9.59 Å². The van der Waals surface area contributed by atoms with E-state index in [1.165, 1.54) is 37.5 Å². The topological polar surface area (TPSA) is 55.4 Å². The number of carbonyl (C=O) groups excluding carboxylic acids is 2. The second-order valence-corrected chi connectivity index (χ2v) is 10.5. The Morgan fingerprint density at radius 2 is 1.71 bits per heavy atom. The normalized spacial score (nSPS) is 30.8. The zero-order valence-corrected chi connectivity index (χ0v) is 18.8. The molecule has 0 aliphatic heterocycles. The van der Waals surface area contributed by atoms with Crippen LogP contribution in [-0.4, -0.2) is 19.0 Å². The maximum atomic E-state index is 13.7. The summed E-state index contributed by atoms with van der Waals surface area (Å²) < 4.78 is 4.90. The molecule has 4 saturated carbocycles. The Morgan fingerprint density at radius 3 is 2.35 bits per heavy atom. The summed E-state index contributed by atoms with van der Waals surface area (Å²) in [5.41, 5.74) is 3.11. The van der Waals surface area contributed by atoms with E-state index in [0.717, 1.165) is 19.3 Å². The van der Waals surface area contributed by atoms with Crippen molar-refractivity contribution < 1.29 is 14.3 Å². The van der Waals surface area contributed by atoms with Crippen LogP contribution in [0.15, 0.2) is 42.5 Å². The van der Waals surface area contributed by atoms with Crippen LogP contribution in [0.3, 0.4) is 0 Å². The zero-order chi connectivity index (χ0) is 21.8. The van der Waals surface area contributed by atoms with Gasteiger partial charge in [0, 0.05) is 5.02 Å². The summed E-state index contributed by atoms with van der Waals surface area (Å²) in [6, 6.07) is 13.9. The molecule has 2 aromatic rings. The van der Waals surface area contributed by atoms with Gasteiger partial charge in [0.15, 0.2) is 0 Å². The molecule has 5 heteroatoms. The third kappa shape index (κ3) is 3.45. The van der Waals surface area contributed by atoms with Gasteiger partial charge in [-0.05, 0) is 86.5 Å². The van der Waals surface area contributed by atoms with Gasteiger partial charge in [-0.25, -0.2) is 4.79 Å². The number of benzene rings is 2. The Morgan fingerprint density at radius 1 is 1.03 bits per heavy atom. The van der Waals surface area contributed by atoms with Crippen LogP contribution in [0.25, 0.3) is 0 Å². The number of nitrogens with one attached hydrogen (secondary N) is 1. The summed E-state index contributed by atoms with van der Waals surface area (Å²) in [6.45, 7) is 2.11. The number of halogens is 1. The van der Waals surface area contributed by atoms with Crippen molar-refractivity contribution in [1.82, 2.24) is 0 Å². The molecule has 2 unspecified atom stereocenters. The van der Waals surface area contributed by atoms with Gasteiger partial charge in [0.1, 0.15) is 0 Å². The van der Waals surface area contributed by atoms with E-state index in [-0.39, 0.29) is 16.7 Å². The van der Waals surface area contributed by atoms with Crippen LogP contribution in [0, 0.1) is 24.2 Å². The zero-order valence-electron chi connectivity index (χ0n) is 18.0. The Balaban J connectivity index is 1.47. The van der Waals surface area contributed by atoms with Crippen molar-refractivity contribution in [2.45, 2.75) is 50.9 Å². The van der Waals surface area contributed by atoms with E-state index < -0.39 is 5.97 Å². The van der Waals surface area contributed by atoms with Crippen LogP contribution in [0.2, 0.25) is 5.02 Å². The molecule has 4 fully saturated rings. The van der Waals surface area contributed by atoms with Gasteiger partial charge in [0.2, 0.25) is 5.91 Å². The van der Waals surface area contributed by atoms with Crippen molar-refractivity contribution in [2.24, 2.45) is 17.3 Å². The lowest BCUT2D eigenvalue weighted by molar-refractivity contribution is -0.143. The smallest absolute Gasteiger partial charge is 0.340 e. The first-order valence-corrected chi connectivity index (χ1v) is 11.5. The van der Waals surface area contributed by atoms with Crippen LogP contribution in [0.5, 0.6) is 0 Å². The molecule has 1 N–H and O–H groups in total. The predicted molar refractivity (Wildman–Crippen MR) is 121 cm³/mol. The molecule has 31 heavy (non-hydrogen) atoms. The van der Waals surface area contributed by atoms with E-state index in [1.54, 1.807) is 18.2 Å². The summed E-state index contributed by atoms with van der Waals surface area (Å²) in [7, 11) is 1.33. The fourth-order valence-electron chi connectivity index (χ4n) is 6.93. The van der Waals surface area contributed by atoms with E-state index >= 15 is 0 Å². The van der Waals surface area contributed by atoms with Gasteiger partial charge in [-0.2, -0.15) is 0 Å². The Hall–Kier alpha value is -2.33. The number of anilines is 1. The van der Waals surface area contributed by atoms with Crippen molar-refractivity contribution in [3.05, 3.63) is 64.2 Å². The highest BCUT2D eigenvalue weighted by Crippen LogP contribution is 2.66. The first-order chi connectivity index (χ1) is 14.8. The highest BCUT2D eigenvalue weighted by Gasteiger charge is 2.60. The van der Waals surface area contributed by atoms with E-state index in [4.69, 9.17) is 16.3 Å². The molecule has 0 heterocycles. The predicted octanol–water partition coefficient (Wildman–Crippen LogP) is 5.91. The van der Waals surface area contributed by atoms with Gasteiger partial charge in [-0.15, -0.1) is 0 Å². The average molecular weight is 438 g/mol. The first-order valence-electron chi connectivity index (χ1n) is 11.1. The van der Waals surface area contributed by atoms with Gasteiger partial charge in [0.05, 0.1) is 23.8 Å². The lowest BCUT2D eigenvalue weighted by Crippen LogP contribution is -2.58. The van der Waals surface area contributed by atoms with E-state index in [2.05, 4.69) is 36.5 Å². The Labute approximate surface area is 188 Å². The highest BCUT2D eigenvalue weighted by atomic mass is 35.5. The van der Waals surface area contributed by atoms with Crippen LogP contribution in [0.4, 0.5) is 5.69 Å². The minimum absolute atomic E-state index is 0.0329. The number of hydrogen-bond donors (Lipinski definition) is 1. The van der Waals surface area contributed by atoms with Crippen LogP contribution < -0.4 is 5.32 Å². The van der Waals surface area contributed by atoms with Crippen molar-refractivity contribution in [1.29, 1.82) is 0 Å². The van der Waals surface area contributed by atoms with E-state index in [0.29, 0.717) is 28.1 Å². The van der Waals surface area contributed by atoms with Crippen LogP contribution in [-0.2, 0) is 14.9 Å². The lowest BCUT2D eigenvalue weighted by Gasteiger charge is -2.61. The van der Waals surface area contributed by atoms with Crippen LogP contribution >= 0.6 is 11.6 Å². The number of aryl methyl sites for hydroxylation is 1. The molecule has 0 aromatic heterocycles. The molecule has 0 spiro atoms. The summed E-state index contributed by atoms with van der Waals surface area (Å²) in [5.74, 6) is 0.696. The maximum absolute atomic E-state index is 13.7.